The van der Waals surface area contributed by atoms with Crippen molar-refractivity contribution in [3.63, 3.8) is 0 Å². The fraction of sp³-hybridized carbons (Fsp3) is 0.211. The van der Waals surface area contributed by atoms with Gasteiger partial charge in [0.05, 0.1) is 10.9 Å². The van der Waals surface area contributed by atoms with Crippen LogP contribution in [0.2, 0.25) is 0 Å². The number of halogens is 4. The molecule has 0 amide bonds. The van der Waals surface area contributed by atoms with Crippen LogP contribution in [0.5, 0.6) is 0 Å². The predicted molar refractivity (Wildman–Crippen MR) is 88.6 cm³/mol. The van der Waals surface area contributed by atoms with E-state index >= 15 is 0 Å². The van der Waals surface area contributed by atoms with Crippen LogP contribution in [0.3, 0.4) is 0 Å². The molecule has 2 aromatic heterocycles. The zero-order valence-electron chi connectivity index (χ0n) is 13.4. The topological polar surface area (TPSA) is 17.3 Å². The smallest absolute Gasteiger partial charge is 0.199 e. The maximum absolute atomic E-state index is 14.5. The number of aromatic nitrogens is 2. The van der Waals surface area contributed by atoms with Crippen LogP contribution in [-0.2, 0) is 6.42 Å². The minimum atomic E-state index is -1.84. The molecule has 0 N–H and O–H groups in total. The van der Waals surface area contributed by atoms with Gasteiger partial charge in [-0.2, -0.15) is 5.10 Å². The summed E-state index contributed by atoms with van der Waals surface area (Å²) in [7, 11) is 0. The van der Waals surface area contributed by atoms with Crippen molar-refractivity contribution in [3.8, 4) is 0 Å². The summed E-state index contributed by atoms with van der Waals surface area (Å²) in [6, 6.07) is 9.05. The molecule has 0 aliphatic heterocycles. The van der Waals surface area contributed by atoms with Gasteiger partial charge in [-0.3, -0.25) is 0 Å². The van der Waals surface area contributed by atoms with Gasteiger partial charge in [0.15, 0.2) is 23.3 Å². The number of fused-ring (bicyclic) bond motifs is 5. The largest absolute Gasteiger partial charge is 0.236 e. The van der Waals surface area contributed by atoms with Gasteiger partial charge in [-0.1, -0.05) is 37.6 Å². The van der Waals surface area contributed by atoms with Crippen molar-refractivity contribution < 1.29 is 17.6 Å². The van der Waals surface area contributed by atoms with Crippen molar-refractivity contribution in [2.75, 3.05) is 0 Å². The molecule has 0 spiro atoms. The Kier molecular flexibility index (Phi) is 3.63. The zero-order chi connectivity index (χ0) is 17.7. The molecule has 0 aliphatic carbocycles. The molecule has 0 radical (unpaired) electrons. The molecule has 0 atom stereocenters. The summed E-state index contributed by atoms with van der Waals surface area (Å²) in [5, 5.41) is 5.17. The first-order valence-electron chi connectivity index (χ1n) is 8.09. The Morgan fingerprint density at radius 3 is 2.44 bits per heavy atom. The van der Waals surface area contributed by atoms with Crippen molar-refractivity contribution >= 4 is 27.2 Å². The lowest BCUT2D eigenvalue weighted by Gasteiger charge is -2.08. The Morgan fingerprint density at radius 1 is 0.960 bits per heavy atom. The van der Waals surface area contributed by atoms with Gasteiger partial charge in [-0.05, 0) is 24.3 Å². The highest BCUT2D eigenvalue weighted by atomic mass is 19.2. The number of hydrogen-bond acceptors (Lipinski definition) is 1. The highest BCUT2D eigenvalue weighted by molar-refractivity contribution is 6.10. The van der Waals surface area contributed by atoms with E-state index in [2.05, 4.69) is 5.10 Å². The number of hydrogen-bond donors (Lipinski definition) is 0. The molecule has 4 aromatic rings. The van der Waals surface area contributed by atoms with Gasteiger partial charge in [0.1, 0.15) is 5.52 Å². The normalized spacial score (nSPS) is 11.9. The number of rotatable bonds is 3. The van der Waals surface area contributed by atoms with Crippen molar-refractivity contribution in [1.29, 1.82) is 0 Å². The monoisotopic (exact) mass is 346 g/mol. The van der Waals surface area contributed by atoms with Gasteiger partial charge in [0.2, 0.25) is 0 Å². The number of nitrogens with zero attached hydrogens (tertiary/aromatic N) is 2. The summed E-state index contributed by atoms with van der Waals surface area (Å²) in [4.78, 5) is 0. The van der Waals surface area contributed by atoms with Crippen molar-refractivity contribution in [1.82, 2.24) is 9.61 Å². The molecular weight excluding hydrogens is 332 g/mol. The lowest BCUT2D eigenvalue weighted by Crippen LogP contribution is -1.99. The van der Waals surface area contributed by atoms with Gasteiger partial charge in [0, 0.05) is 11.1 Å². The van der Waals surface area contributed by atoms with E-state index in [9.17, 15) is 17.6 Å². The molecule has 25 heavy (non-hydrogen) atoms. The summed E-state index contributed by atoms with van der Waals surface area (Å²) >= 11 is 0. The molecule has 2 aromatic carbocycles. The first-order chi connectivity index (χ1) is 12.0. The highest BCUT2D eigenvalue weighted by Crippen LogP contribution is 2.34. The Morgan fingerprint density at radius 2 is 1.68 bits per heavy atom. The van der Waals surface area contributed by atoms with Gasteiger partial charge in [-0.15, -0.1) is 0 Å². The quantitative estimate of drug-likeness (QED) is 0.270. The van der Waals surface area contributed by atoms with Gasteiger partial charge >= 0.3 is 0 Å². The summed E-state index contributed by atoms with van der Waals surface area (Å²) < 4.78 is 57.5. The Hall–Kier alpha value is -2.63. The van der Waals surface area contributed by atoms with Crippen LogP contribution in [0.4, 0.5) is 17.6 Å². The van der Waals surface area contributed by atoms with Crippen molar-refractivity contribution in [2.45, 2.75) is 26.2 Å². The van der Waals surface area contributed by atoms with Crippen LogP contribution in [-0.4, -0.2) is 9.61 Å². The van der Waals surface area contributed by atoms with E-state index in [1.54, 1.807) is 12.1 Å². The first-order valence-corrected chi connectivity index (χ1v) is 8.09. The minimum absolute atomic E-state index is 0.259. The summed E-state index contributed by atoms with van der Waals surface area (Å²) in [6.45, 7) is 2.03. The molecule has 6 heteroatoms. The Labute approximate surface area is 140 Å². The highest BCUT2D eigenvalue weighted by Gasteiger charge is 2.26. The van der Waals surface area contributed by atoms with E-state index in [4.69, 9.17) is 0 Å². The van der Waals surface area contributed by atoms with Crippen molar-refractivity contribution in [3.05, 3.63) is 59.3 Å². The fourth-order valence-corrected chi connectivity index (χ4v) is 3.26. The molecule has 0 saturated heterocycles. The fourth-order valence-electron chi connectivity index (χ4n) is 3.26. The number of benzene rings is 2. The molecular formula is C19H14F4N2. The van der Waals surface area contributed by atoms with Gasteiger partial charge < -0.3 is 0 Å². The SMILES string of the molecule is CCCCc1cc2ccccc2c2c3c(F)c(F)c(F)c(F)c3nn12. The first kappa shape index (κ1) is 15.9. The average molecular weight is 346 g/mol. The summed E-state index contributed by atoms with van der Waals surface area (Å²) in [6.07, 6.45) is 2.43. The summed E-state index contributed by atoms with van der Waals surface area (Å²) in [5.74, 6) is -6.54. The van der Waals surface area contributed by atoms with Gasteiger partial charge in [-0.25, -0.2) is 22.1 Å². The third-order valence-corrected chi connectivity index (χ3v) is 4.49. The second kappa shape index (κ2) is 5.72. The maximum Gasteiger partial charge on any atom is 0.199 e. The number of aryl methyl sites for hydroxylation is 1. The number of unbranched alkanes of at least 4 members (excludes halogenated alkanes) is 1. The summed E-state index contributed by atoms with van der Waals surface area (Å²) in [5.41, 5.74) is 0.506. The second-order valence-corrected chi connectivity index (χ2v) is 6.07. The van der Waals surface area contributed by atoms with Crippen LogP contribution < -0.4 is 0 Å². The Balaban J connectivity index is 2.26. The second-order valence-electron chi connectivity index (χ2n) is 6.07. The molecule has 2 heterocycles. The molecule has 0 saturated carbocycles. The van der Waals surface area contributed by atoms with E-state index in [1.165, 1.54) is 4.52 Å². The third-order valence-electron chi connectivity index (χ3n) is 4.49. The molecule has 0 fully saturated rings. The van der Waals surface area contributed by atoms with Crippen molar-refractivity contribution in [2.24, 2.45) is 0 Å². The van der Waals surface area contributed by atoms with E-state index in [-0.39, 0.29) is 10.9 Å². The van der Waals surface area contributed by atoms with Crippen LogP contribution in [0.25, 0.3) is 27.2 Å². The van der Waals surface area contributed by atoms with Crippen LogP contribution in [0.1, 0.15) is 25.5 Å². The minimum Gasteiger partial charge on any atom is -0.236 e. The predicted octanol–water partition coefficient (Wildman–Crippen LogP) is 5.54. The standard InChI is InChI=1S/C19H14F4N2/c1-2-3-7-11-9-10-6-4-5-8-12(10)19-13-14(20)15(21)16(22)17(23)18(13)24-25(11)19/h4-6,8-9H,2-3,7H2,1H3. The lowest BCUT2D eigenvalue weighted by atomic mass is 10.0. The van der Waals surface area contributed by atoms with Crippen LogP contribution >= 0.6 is 0 Å². The van der Waals surface area contributed by atoms with Crippen LogP contribution in [0, 0.1) is 23.3 Å². The molecule has 0 aliphatic rings. The van der Waals surface area contributed by atoms with E-state index < -0.39 is 28.8 Å². The third kappa shape index (κ3) is 2.20. The number of pyridine rings is 1. The molecule has 2 nitrogen and oxygen atoms in total. The molecule has 0 unspecified atom stereocenters. The molecule has 4 rings (SSSR count). The Bertz CT molecular complexity index is 1130. The average Bonchev–Trinajstić information content (AvgIpc) is 3.04. The zero-order valence-corrected chi connectivity index (χ0v) is 13.4. The lowest BCUT2D eigenvalue weighted by molar-refractivity contribution is 0.417. The van der Waals surface area contributed by atoms with E-state index in [1.807, 2.05) is 25.1 Å². The molecule has 0 bridgehead atoms. The van der Waals surface area contributed by atoms with E-state index in [0.29, 0.717) is 11.8 Å². The molecule has 128 valence electrons. The van der Waals surface area contributed by atoms with Crippen LogP contribution in [0.15, 0.2) is 30.3 Å². The maximum atomic E-state index is 14.5. The van der Waals surface area contributed by atoms with E-state index in [0.717, 1.165) is 23.9 Å². The van der Waals surface area contributed by atoms with Gasteiger partial charge in [0.25, 0.3) is 0 Å².